The lowest BCUT2D eigenvalue weighted by Gasteiger charge is -2.17. The van der Waals surface area contributed by atoms with E-state index in [4.69, 9.17) is 11.6 Å². The summed E-state index contributed by atoms with van der Waals surface area (Å²) < 4.78 is 27.9. The predicted octanol–water partition coefficient (Wildman–Crippen LogP) is 2.40. The van der Waals surface area contributed by atoms with Crippen LogP contribution in [0.25, 0.3) is 0 Å². The maximum Gasteiger partial charge on any atom is 0.301 e. The number of anilines is 1. The Hall–Kier alpha value is -0.780. The number of nitrogens with zero attached hydrogens (tertiary/aromatic N) is 1. The predicted molar refractivity (Wildman–Crippen MR) is 69.5 cm³/mol. The van der Waals surface area contributed by atoms with Crippen molar-refractivity contribution in [2.75, 3.05) is 17.8 Å². The molecule has 94 valence electrons. The summed E-state index contributed by atoms with van der Waals surface area (Å²) in [4.78, 5) is 0. The molecule has 6 heteroatoms. The van der Waals surface area contributed by atoms with Crippen LogP contribution < -0.4 is 4.72 Å². The van der Waals surface area contributed by atoms with Crippen LogP contribution >= 0.6 is 11.6 Å². The van der Waals surface area contributed by atoms with Gasteiger partial charge in [0, 0.05) is 18.1 Å². The molecule has 17 heavy (non-hydrogen) atoms. The standard InChI is InChI=1S/C11H15ClN2O2S/c1-9-4-5-10(8-11(9)12)13-17(15,16)14-6-2-3-7-14/h4-5,8,13H,2-3,6-7H2,1H3. The van der Waals surface area contributed by atoms with Gasteiger partial charge in [-0.2, -0.15) is 12.7 Å². The molecule has 0 aromatic heterocycles. The van der Waals surface area contributed by atoms with Crippen LogP contribution in [-0.2, 0) is 10.2 Å². The van der Waals surface area contributed by atoms with Gasteiger partial charge < -0.3 is 0 Å². The van der Waals surface area contributed by atoms with Crippen molar-refractivity contribution in [1.29, 1.82) is 0 Å². The van der Waals surface area contributed by atoms with E-state index in [2.05, 4.69) is 4.72 Å². The summed E-state index contributed by atoms with van der Waals surface area (Å²) in [6.45, 7) is 3.06. The zero-order chi connectivity index (χ0) is 12.5. The summed E-state index contributed by atoms with van der Waals surface area (Å²) in [5, 5.41) is 0.562. The number of benzene rings is 1. The minimum Gasteiger partial charge on any atom is -0.271 e. The first-order chi connectivity index (χ1) is 7.99. The summed E-state index contributed by atoms with van der Waals surface area (Å²) in [6, 6.07) is 5.14. The Morgan fingerprint density at radius 2 is 1.94 bits per heavy atom. The Kier molecular flexibility index (Phi) is 3.61. The molecule has 4 nitrogen and oxygen atoms in total. The quantitative estimate of drug-likeness (QED) is 0.920. The van der Waals surface area contributed by atoms with E-state index in [1.807, 2.05) is 6.92 Å². The summed E-state index contributed by atoms with van der Waals surface area (Å²) in [5.74, 6) is 0. The first-order valence-electron chi connectivity index (χ1n) is 5.53. The van der Waals surface area contributed by atoms with Crippen LogP contribution in [0, 0.1) is 6.92 Å². The van der Waals surface area contributed by atoms with E-state index in [1.165, 1.54) is 4.31 Å². The molecule has 1 heterocycles. The minimum atomic E-state index is -3.42. The highest BCUT2D eigenvalue weighted by Gasteiger charge is 2.25. The third kappa shape index (κ3) is 2.91. The van der Waals surface area contributed by atoms with E-state index in [-0.39, 0.29) is 0 Å². The van der Waals surface area contributed by atoms with Crippen LogP contribution in [0.3, 0.4) is 0 Å². The van der Waals surface area contributed by atoms with Gasteiger partial charge in [0.2, 0.25) is 0 Å². The van der Waals surface area contributed by atoms with Crippen LogP contribution in [-0.4, -0.2) is 25.8 Å². The lowest BCUT2D eigenvalue weighted by Crippen LogP contribution is -2.33. The van der Waals surface area contributed by atoms with Crippen LogP contribution in [0.4, 0.5) is 5.69 Å². The molecule has 1 aromatic rings. The Morgan fingerprint density at radius 1 is 1.29 bits per heavy atom. The number of nitrogens with one attached hydrogen (secondary N) is 1. The first-order valence-corrected chi connectivity index (χ1v) is 7.35. The molecule has 0 spiro atoms. The summed E-state index contributed by atoms with van der Waals surface area (Å²) in [6.07, 6.45) is 1.85. The molecule has 1 aromatic carbocycles. The maximum atomic E-state index is 12.0. The summed E-state index contributed by atoms with van der Waals surface area (Å²) >= 11 is 5.95. The van der Waals surface area contributed by atoms with E-state index >= 15 is 0 Å². The molecule has 0 aliphatic carbocycles. The Morgan fingerprint density at radius 3 is 2.53 bits per heavy atom. The Labute approximate surface area is 107 Å². The van der Waals surface area contributed by atoms with E-state index in [0.717, 1.165) is 18.4 Å². The van der Waals surface area contributed by atoms with Crippen LogP contribution in [0.15, 0.2) is 18.2 Å². The van der Waals surface area contributed by atoms with Crippen molar-refractivity contribution in [3.8, 4) is 0 Å². The lowest BCUT2D eigenvalue weighted by molar-refractivity contribution is 0.482. The summed E-state index contributed by atoms with van der Waals surface area (Å²) in [5.41, 5.74) is 1.43. The third-order valence-electron chi connectivity index (χ3n) is 2.82. The highest BCUT2D eigenvalue weighted by atomic mass is 35.5. The second-order valence-electron chi connectivity index (χ2n) is 4.18. The van der Waals surface area contributed by atoms with Gasteiger partial charge >= 0.3 is 10.2 Å². The van der Waals surface area contributed by atoms with Gasteiger partial charge in [0.15, 0.2) is 0 Å². The van der Waals surface area contributed by atoms with E-state index in [0.29, 0.717) is 23.8 Å². The molecule has 0 unspecified atom stereocenters. The van der Waals surface area contributed by atoms with E-state index in [9.17, 15) is 8.42 Å². The number of rotatable bonds is 3. The molecule has 0 radical (unpaired) electrons. The molecule has 2 rings (SSSR count). The highest BCUT2D eigenvalue weighted by Crippen LogP contribution is 2.22. The number of aryl methyl sites for hydroxylation is 1. The van der Waals surface area contributed by atoms with Crippen LogP contribution in [0.1, 0.15) is 18.4 Å². The normalized spacial score (nSPS) is 17.3. The molecule has 0 bridgehead atoms. The average molecular weight is 275 g/mol. The number of hydrogen-bond donors (Lipinski definition) is 1. The first kappa shape index (κ1) is 12.7. The molecule has 0 atom stereocenters. The third-order valence-corrected chi connectivity index (χ3v) is 4.77. The van der Waals surface area contributed by atoms with Crippen LogP contribution in [0.2, 0.25) is 5.02 Å². The topological polar surface area (TPSA) is 49.4 Å². The number of halogens is 1. The molecular formula is C11H15ClN2O2S. The second-order valence-corrected chi connectivity index (χ2v) is 6.26. The van der Waals surface area contributed by atoms with Gasteiger partial charge in [-0.05, 0) is 37.5 Å². The Bertz CT molecular complexity index is 510. The van der Waals surface area contributed by atoms with Gasteiger partial charge in [0.1, 0.15) is 0 Å². The average Bonchev–Trinajstić information content (AvgIpc) is 2.77. The second kappa shape index (κ2) is 4.84. The fraction of sp³-hybridized carbons (Fsp3) is 0.455. The van der Waals surface area contributed by atoms with Gasteiger partial charge in [-0.25, -0.2) is 0 Å². The number of hydrogen-bond acceptors (Lipinski definition) is 2. The minimum absolute atomic E-state index is 0.507. The molecule has 1 aliphatic heterocycles. The van der Waals surface area contributed by atoms with Crippen molar-refractivity contribution in [1.82, 2.24) is 4.31 Å². The fourth-order valence-corrected chi connectivity index (χ4v) is 3.27. The van der Waals surface area contributed by atoms with Crippen molar-refractivity contribution in [2.24, 2.45) is 0 Å². The monoisotopic (exact) mass is 274 g/mol. The van der Waals surface area contributed by atoms with Gasteiger partial charge in [-0.15, -0.1) is 0 Å². The van der Waals surface area contributed by atoms with Crippen molar-refractivity contribution in [2.45, 2.75) is 19.8 Å². The molecule has 0 saturated carbocycles. The van der Waals surface area contributed by atoms with Gasteiger partial charge in [0.05, 0.1) is 5.69 Å². The van der Waals surface area contributed by atoms with Crippen molar-refractivity contribution in [3.05, 3.63) is 28.8 Å². The highest BCUT2D eigenvalue weighted by molar-refractivity contribution is 7.90. The smallest absolute Gasteiger partial charge is 0.271 e. The molecule has 1 saturated heterocycles. The van der Waals surface area contributed by atoms with E-state index in [1.54, 1.807) is 18.2 Å². The lowest BCUT2D eigenvalue weighted by atomic mass is 10.2. The van der Waals surface area contributed by atoms with Crippen molar-refractivity contribution in [3.63, 3.8) is 0 Å². The van der Waals surface area contributed by atoms with Crippen molar-refractivity contribution < 1.29 is 8.42 Å². The van der Waals surface area contributed by atoms with Gasteiger partial charge in [0.25, 0.3) is 0 Å². The van der Waals surface area contributed by atoms with Gasteiger partial charge in [-0.3, -0.25) is 4.72 Å². The Balaban J connectivity index is 2.17. The summed E-state index contributed by atoms with van der Waals surface area (Å²) in [7, 11) is -3.42. The molecule has 0 amide bonds. The molecule has 1 fully saturated rings. The zero-order valence-electron chi connectivity index (χ0n) is 9.61. The molecule has 1 aliphatic rings. The molecular weight excluding hydrogens is 260 g/mol. The fourth-order valence-electron chi connectivity index (χ4n) is 1.80. The van der Waals surface area contributed by atoms with E-state index < -0.39 is 10.2 Å². The SMILES string of the molecule is Cc1ccc(NS(=O)(=O)N2CCCC2)cc1Cl. The molecule has 1 N–H and O–H groups in total. The largest absolute Gasteiger partial charge is 0.301 e. The van der Waals surface area contributed by atoms with Gasteiger partial charge in [-0.1, -0.05) is 17.7 Å². The zero-order valence-corrected chi connectivity index (χ0v) is 11.2. The van der Waals surface area contributed by atoms with Crippen LogP contribution in [0.5, 0.6) is 0 Å². The van der Waals surface area contributed by atoms with Crippen molar-refractivity contribution >= 4 is 27.5 Å². The maximum absolute atomic E-state index is 12.0.